The molecule has 1 amide bonds. The van der Waals surface area contributed by atoms with E-state index in [1.54, 1.807) is 0 Å². The molecule has 0 aromatic rings. The van der Waals surface area contributed by atoms with Gasteiger partial charge in [0.15, 0.2) is 0 Å². The largest absolute Gasteiger partial charge is 0.378 e. The fourth-order valence-corrected chi connectivity index (χ4v) is 4.26. The van der Waals surface area contributed by atoms with E-state index in [0.717, 1.165) is 50.9 Å². The van der Waals surface area contributed by atoms with Crippen molar-refractivity contribution >= 4 is 5.91 Å². The second-order valence-electron chi connectivity index (χ2n) is 7.00. The Morgan fingerprint density at radius 1 is 1.05 bits per heavy atom. The first-order valence-electron chi connectivity index (χ1n) is 8.93. The van der Waals surface area contributed by atoms with E-state index in [1.165, 1.54) is 32.1 Å². The molecule has 2 aliphatic heterocycles. The van der Waals surface area contributed by atoms with Crippen molar-refractivity contribution in [2.45, 2.75) is 57.5 Å². The second kappa shape index (κ2) is 7.59. The zero-order valence-electron chi connectivity index (χ0n) is 13.2. The molecule has 1 saturated carbocycles. The predicted molar refractivity (Wildman–Crippen MR) is 83.1 cm³/mol. The van der Waals surface area contributed by atoms with Crippen molar-refractivity contribution < 1.29 is 9.53 Å². The molecule has 4 nitrogen and oxygen atoms in total. The molecule has 0 bridgehead atoms. The van der Waals surface area contributed by atoms with E-state index in [4.69, 9.17) is 4.74 Å². The maximum atomic E-state index is 12.3. The molecule has 4 heteroatoms. The van der Waals surface area contributed by atoms with Gasteiger partial charge in [0.2, 0.25) is 5.91 Å². The van der Waals surface area contributed by atoms with E-state index in [0.29, 0.717) is 25.0 Å². The monoisotopic (exact) mass is 294 g/mol. The summed E-state index contributed by atoms with van der Waals surface area (Å²) >= 11 is 0. The molecular formula is C17H30N2O2. The van der Waals surface area contributed by atoms with E-state index in [9.17, 15) is 4.79 Å². The van der Waals surface area contributed by atoms with Crippen molar-refractivity contribution in [2.75, 3.05) is 32.8 Å². The van der Waals surface area contributed by atoms with Crippen LogP contribution in [0.15, 0.2) is 0 Å². The van der Waals surface area contributed by atoms with E-state index in [1.807, 2.05) is 0 Å². The highest BCUT2D eigenvalue weighted by Gasteiger charge is 2.32. The summed E-state index contributed by atoms with van der Waals surface area (Å²) in [7, 11) is 0. The third-order valence-corrected chi connectivity index (χ3v) is 5.60. The van der Waals surface area contributed by atoms with Gasteiger partial charge in [0.05, 0.1) is 19.1 Å². The normalized spacial score (nSPS) is 31.0. The van der Waals surface area contributed by atoms with Crippen LogP contribution in [0, 0.1) is 11.8 Å². The van der Waals surface area contributed by atoms with E-state index >= 15 is 0 Å². The molecule has 0 aromatic carbocycles. The molecule has 3 aliphatic rings. The highest BCUT2D eigenvalue weighted by atomic mass is 16.5. The van der Waals surface area contributed by atoms with E-state index < -0.39 is 0 Å². The van der Waals surface area contributed by atoms with Gasteiger partial charge in [-0.15, -0.1) is 0 Å². The predicted octanol–water partition coefficient (Wildman–Crippen LogP) is 2.18. The summed E-state index contributed by atoms with van der Waals surface area (Å²) in [6.07, 6.45) is 9.83. The Balaban J connectivity index is 1.37. The Hall–Kier alpha value is -0.610. The number of carbonyl (C=O) groups is 1. The molecule has 3 rings (SSSR count). The molecule has 0 radical (unpaired) electrons. The Morgan fingerprint density at radius 2 is 1.81 bits per heavy atom. The van der Waals surface area contributed by atoms with Gasteiger partial charge in [0.1, 0.15) is 0 Å². The van der Waals surface area contributed by atoms with Crippen LogP contribution in [0.4, 0.5) is 0 Å². The number of likely N-dealkylation sites (tertiary alicyclic amines) is 1. The summed E-state index contributed by atoms with van der Waals surface area (Å²) in [5.74, 6) is 1.99. The molecule has 2 saturated heterocycles. The number of hydrogen-bond donors (Lipinski definition) is 1. The molecule has 21 heavy (non-hydrogen) atoms. The summed E-state index contributed by atoms with van der Waals surface area (Å²) in [5, 5.41) is 3.34. The van der Waals surface area contributed by atoms with Crippen LogP contribution in [-0.4, -0.2) is 49.7 Å². The Morgan fingerprint density at radius 3 is 2.62 bits per heavy atom. The topological polar surface area (TPSA) is 41.6 Å². The summed E-state index contributed by atoms with van der Waals surface area (Å²) in [4.78, 5) is 14.5. The summed E-state index contributed by atoms with van der Waals surface area (Å²) < 4.78 is 5.86. The molecule has 0 spiro atoms. The number of amides is 1. The lowest BCUT2D eigenvalue weighted by atomic mass is 9.75. The molecule has 1 N–H and O–H groups in total. The SMILES string of the molecule is O=C(CCOC1CCNCC1)N1CCC2CCCCC2C1. The van der Waals surface area contributed by atoms with Crippen LogP contribution >= 0.6 is 0 Å². The van der Waals surface area contributed by atoms with Gasteiger partial charge in [-0.25, -0.2) is 0 Å². The van der Waals surface area contributed by atoms with Crippen LogP contribution in [0.25, 0.3) is 0 Å². The van der Waals surface area contributed by atoms with Gasteiger partial charge in [-0.2, -0.15) is 0 Å². The van der Waals surface area contributed by atoms with Crippen LogP contribution in [-0.2, 0) is 9.53 Å². The fraction of sp³-hybridized carbons (Fsp3) is 0.941. The van der Waals surface area contributed by atoms with Crippen LogP contribution in [0.3, 0.4) is 0 Å². The zero-order valence-corrected chi connectivity index (χ0v) is 13.2. The molecule has 0 aromatic heterocycles. The molecule has 2 unspecified atom stereocenters. The smallest absolute Gasteiger partial charge is 0.224 e. The first-order valence-corrected chi connectivity index (χ1v) is 8.93. The third-order valence-electron chi connectivity index (χ3n) is 5.60. The maximum Gasteiger partial charge on any atom is 0.224 e. The first kappa shape index (κ1) is 15.3. The van der Waals surface area contributed by atoms with Gasteiger partial charge in [-0.05, 0) is 50.6 Å². The molecule has 1 aliphatic carbocycles. The summed E-state index contributed by atoms with van der Waals surface area (Å²) in [5.41, 5.74) is 0. The van der Waals surface area contributed by atoms with Crippen LogP contribution in [0.5, 0.6) is 0 Å². The number of piperidine rings is 2. The van der Waals surface area contributed by atoms with Gasteiger partial charge in [-0.1, -0.05) is 19.3 Å². The Bertz CT molecular complexity index is 342. The number of ether oxygens (including phenoxy) is 1. The lowest BCUT2D eigenvalue weighted by molar-refractivity contribution is -0.136. The molecule has 3 fully saturated rings. The zero-order chi connectivity index (χ0) is 14.5. The number of nitrogens with one attached hydrogen (secondary N) is 1. The standard InChI is InChI=1S/C17H30N2O2/c20-17(8-12-21-16-5-9-18-10-6-16)19-11-7-14-3-1-2-4-15(14)13-19/h14-16,18H,1-13H2. The van der Waals surface area contributed by atoms with Crippen molar-refractivity contribution in [1.29, 1.82) is 0 Å². The number of rotatable bonds is 4. The molecular weight excluding hydrogens is 264 g/mol. The van der Waals surface area contributed by atoms with Crippen molar-refractivity contribution in [1.82, 2.24) is 10.2 Å². The molecule has 2 heterocycles. The van der Waals surface area contributed by atoms with Crippen molar-refractivity contribution in [3.8, 4) is 0 Å². The van der Waals surface area contributed by atoms with Crippen molar-refractivity contribution in [3.63, 3.8) is 0 Å². The van der Waals surface area contributed by atoms with Crippen LogP contribution < -0.4 is 5.32 Å². The Kier molecular flexibility index (Phi) is 5.53. The summed E-state index contributed by atoms with van der Waals surface area (Å²) in [6.45, 7) is 4.69. The van der Waals surface area contributed by atoms with Crippen molar-refractivity contribution in [2.24, 2.45) is 11.8 Å². The van der Waals surface area contributed by atoms with E-state index in [2.05, 4.69) is 10.2 Å². The highest BCUT2D eigenvalue weighted by molar-refractivity contribution is 5.76. The lowest BCUT2D eigenvalue weighted by Gasteiger charge is -2.41. The van der Waals surface area contributed by atoms with Gasteiger partial charge < -0.3 is 15.0 Å². The van der Waals surface area contributed by atoms with Crippen molar-refractivity contribution in [3.05, 3.63) is 0 Å². The molecule has 120 valence electrons. The van der Waals surface area contributed by atoms with Crippen LogP contribution in [0.1, 0.15) is 51.4 Å². The van der Waals surface area contributed by atoms with Gasteiger partial charge in [0, 0.05) is 13.1 Å². The van der Waals surface area contributed by atoms with Gasteiger partial charge >= 0.3 is 0 Å². The number of carbonyl (C=O) groups excluding carboxylic acids is 1. The number of nitrogens with zero attached hydrogens (tertiary/aromatic N) is 1. The lowest BCUT2D eigenvalue weighted by Crippen LogP contribution is -2.45. The number of fused-ring (bicyclic) bond motifs is 1. The van der Waals surface area contributed by atoms with E-state index in [-0.39, 0.29) is 0 Å². The molecule has 2 atom stereocenters. The van der Waals surface area contributed by atoms with Crippen LogP contribution in [0.2, 0.25) is 0 Å². The highest BCUT2D eigenvalue weighted by Crippen LogP contribution is 2.36. The quantitative estimate of drug-likeness (QED) is 0.864. The number of hydrogen-bond acceptors (Lipinski definition) is 3. The summed E-state index contributed by atoms with van der Waals surface area (Å²) in [6, 6.07) is 0. The minimum Gasteiger partial charge on any atom is -0.378 e. The maximum absolute atomic E-state index is 12.3. The van der Waals surface area contributed by atoms with Gasteiger partial charge in [-0.3, -0.25) is 4.79 Å². The average Bonchev–Trinajstić information content (AvgIpc) is 2.55. The van der Waals surface area contributed by atoms with Gasteiger partial charge in [0.25, 0.3) is 0 Å². The average molecular weight is 294 g/mol. The minimum absolute atomic E-state index is 0.313. The fourth-order valence-electron chi connectivity index (χ4n) is 4.26. The third kappa shape index (κ3) is 4.19. The Labute approximate surface area is 128 Å². The minimum atomic E-state index is 0.313. The first-order chi connectivity index (χ1) is 10.3. The second-order valence-corrected chi connectivity index (χ2v) is 7.00.